The van der Waals surface area contributed by atoms with Gasteiger partial charge in [-0.1, -0.05) is 12.1 Å². The van der Waals surface area contributed by atoms with Crippen molar-refractivity contribution in [2.45, 2.75) is 12.6 Å². The molecule has 0 amide bonds. The van der Waals surface area contributed by atoms with E-state index in [1.807, 2.05) is 0 Å². The summed E-state index contributed by atoms with van der Waals surface area (Å²) in [6.07, 6.45) is -3.12. The minimum Gasteiger partial charge on any atom is -0.397 e. The summed E-state index contributed by atoms with van der Waals surface area (Å²) in [6.45, 7) is 0. The van der Waals surface area contributed by atoms with Gasteiger partial charge in [0, 0.05) is 17.3 Å². The minimum atomic E-state index is -4.62. The minimum absolute atomic E-state index is 0.0446. The van der Waals surface area contributed by atoms with E-state index in [4.69, 9.17) is 5.73 Å². The van der Waals surface area contributed by atoms with Crippen molar-refractivity contribution in [1.82, 2.24) is 9.97 Å². The molecule has 9 heteroatoms. The first-order chi connectivity index (χ1) is 13.3. The Labute approximate surface area is 165 Å². The Morgan fingerprint density at radius 3 is 2.64 bits per heavy atom. The van der Waals surface area contributed by atoms with Crippen LogP contribution in [0.2, 0.25) is 0 Å². The largest absolute Gasteiger partial charge is 0.417 e. The molecule has 0 saturated heterocycles. The summed E-state index contributed by atoms with van der Waals surface area (Å²) >= 11 is 2.18. The van der Waals surface area contributed by atoms with Gasteiger partial charge >= 0.3 is 6.18 Å². The van der Waals surface area contributed by atoms with Crippen molar-refractivity contribution in [3.63, 3.8) is 0 Å². The van der Waals surface area contributed by atoms with Crippen molar-refractivity contribution >= 4 is 44.4 Å². The number of nitrogens with zero attached hydrogens (tertiary/aromatic N) is 2. The molecule has 4 nitrogen and oxygen atoms in total. The molecule has 0 aliphatic rings. The van der Waals surface area contributed by atoms with Crippen LogP contribution in [0.5, 0.6) is 0 Å². The Balaban J connectivity index is 1.86. The molecule has 0 aromatic carbocycles. The number of aromatic nitrogens is 2. The molecule has 0 fully saturated rings. The zero-order valence-electron chi connectivity index (χ0n) is 14.2. The summed E-state index contributed by atoms with van der Waals surface area (Å²) in [5.41, 5.74) is 5.66. The molecule has 0 bridgehead atoms. The van der Waals surface area contributed by atoms with E-state index >= 15 is 0 Å². The standard InChI is InChI=1S/C19H12F3N3OS2/c20-19(21,22)11-9-12(14-5-3-7-27-14)25-18-15(11)16(23)17(28-18)13(26)8-10-4-1-2-6-24-10/h1-7,9H,8,23H2. The predicted octanol–water partition coefficient (Wildman–Crippen LogP) is 5.45. The molecule has 0 aliphatic carbocycles. The molecule has 4 heterocycles. The third kappa shape index (κ3) is 3.38. The number of alkyl halides is 3. The molecule has 2 N–H and O–H groups in total. The van der Waals surface area contributed by atoms with Crippen LogP contribution in [-0.4, -0.2) is 15.8 Å². The van der Waals surface area contributed by atoms with Crippen molar-refractivity contribution in [2.24, 2.45) is 0 Å². The van der Waals surface area contributed by atoms with E-state index in [2.05, 4.69) is 9.97 Å². The Bertz CT molecular complexity index is 1150. The highest BCUT2D eigenvalue weighted by atomic mass is 32.1. The van der Waals surface area contributed by atoms with Gasteiger partial charge < -0.3 is 5.73 Å². The van der Waals surface area contributed by atoms with Crippen molar-refractivity contribution in [2.75, 3.05) is 5.73 Å². The van der Waals surface area contributed by atoms with Crippen LogP contribution in [0, 0.1) is 0 Å². The molecule has 0 saturated carbocycles. The van der Waals surface area contributed by atoms with Gasteiger partial charge in [0.15, 0.2) is 5.78 Å². The number of hydrogen-bond acceptors (Lipinski definition) is 6. The van der Waals surface area contributed by atoms with Gasteiger partial charge in [0.05, 0.1) is 33.1 Å². The number of anilines is 1. The summed E-state index contributed by atoms with van der Waals surface area (Å²) in [7, 11) is 0. The van der Waals surface area contributed by atoms with E-state index in [1.54, 1.807) is 41.9 Å². The number of ketones is 1. The number of hydrogen-bond donors (Lipinski definition) is 1. The van der Waals surface area contributed by atoms with Gasteiger partial charge in [-0.05, 0) is 29.6 Å². The number of Topliss-reactive ketones (excluding diaryl/α,β-unsaturated/α-hetero) is 1. The third-order valence-corrected chi connectivity index (χ3v) is 6.13. The second kappa shape index (κ2) is 6.99. The zero-order chi connectivity index (χ0) is 19.9. The first-order valence-electron chi connectivity index (χ1n) is 8.12. The van der Waals surface area contributed by atoms with E-state index in [0.29, 0.717) is 10.6 Å². The van der Waals surface area contributed by atoms with Crippen molar-refractivity contribution < 1.29 is 18.0 Å². The average molecular weight is 419 g/mol. The normalized spacial score (nSPS) is 11.8. The fraction of sp³-hybridized carbons (Fsp3) is 0.105. The topological polar surface area (TPSA) is 68.9 Å². The highest BCUT2D eigenvalue weighted by molar-refractivity contribution is 7.21. The maximum absolute atomic E-state index is 13.7. The predicted molar refractivity (Wildman–Crippen MR) is 105 cm³/mol. The summed E-state index contributed by atoms with van der Waals surface area (Å²) in [5.74, 6) is -0.384. The number of nitrogens with two attached hydrogens (primary N) is 1. The van der Waals surface area contributed by atoms with Crippen LogP contribution in [0.4, 0.5) is 18.9 Å². The number of thiophene rings is 2. The molecular weight excluding hydrogens is 407 g/mol. The number of carbonyl (C=O) groups excluding carboxylic acids is 1. The lowest BCUT2D eigenvalue weighted by molar-refractivity contribution is -0.136. The molecule has 0 spiro atoms. The van der Waals surface area contributed by atoms with Crippen molar-refractivity contribution in [3.05, 3.63) is 64.1 Å². The molecule has 0 radical (unpaired) electrons. The molecule has 4 aromatic rings. The van der Waals surface area contributed by atoms with Crippen LogP contribution in [0.3, 0.4) is 0 Å². The zero-order valence-corrected chi connectivity index (χ0v) is 15.8. The first kappa shape index (κ1) is 18.6. The maximum atomic E-state index is 13.7. The molecule has 4 aromatic heterocycles. The van der Waals surface area contributed by atoms with Crippen molar-refractivity contribution in [3.8, 4) is 10.6 Å². The Hall–Kier alpha value is -2.78. The second-order valence-corrected chi connectivity index (χ2v) is 7.92. The first-order valence-corrected chi connectivity index (χ1v) is 9.81. The highest BCUT2D eigenvalue weighted by Crippen LogP contribution is 2.44. The summed E-state index contributed by atoms with van der Waals surface area (Å²) in [5, 5.41) is 1.54. The number of pyridine rings is 2. The second-order valence-electron chi connectivity index (χ2n) is 5.98. The lowest BCUT2D eigenvalue weighted by atomic mass is 10.1. The number of rotatable bonds is 4. The Morgan fingerprint density at radius 2 is 2.00 bits per heavy atom. The van der Waals surface area contributed by atoms with Crippen LogP contribution in [0.15, 0.2) is 48.0 Å². The van der Waals surface area contributed by atoms with Crippen LogP contribution in [0.25, 0.3) is 20.8 Å². The summed E-state index contributed by atoms with van der Waals surface area (Å²) in [4.78, 5) is 21.9. The van der Waals surface area contributed by atoms with E-state index in [1.165, 1.54) is 11.3 Å². The Morgan fingerprint density at radius 1 is 1.18 bits per heavy atom. The van der Waals surface area contributed by atoms with E-state index in [9.17, 15) is 18.0 Å². The van der Waals surface area contributed by atoms with Crippen LogP contribution in [-0.2, 0) is 12.6 Å². The van der Waals surface area contributed by atoms with E-state index in [0.717, 1.165) is 17.4 Å². The van der Waals surface area contributed by atoms with Crippen LogP contribution in [0.1, 0.15) is 20.9 Å². The smallest absolute Gasteiger partial charge is 0.397 e. The number of nitrogen functional groups attached to an aromatic ring is 1. The quantitative estimate of drug-likeness (QED) is 0.447. The van der Waals surface area contributed by atoms with Gasteiger partial charge in [0.1, 0.15) is 4.83 Å². The average Bonchev–Trinajstić information content (AvgIpc) is 3.29. The monoisotopic (exact) mass is 419 g/mol. The fourth-order valence-corrected chi connectivity index (χ4v) is 4.59. The molecule has 28 heavy (non-hydrogen) atoms. The van der Waals surface area contributed by atoms with E-state index < -0.39 is 11.7 Å². The summed E-state index contributed by atoms with van der Waals surface area (Å²) < 4.78 is 41.1. The highest BCUT2D eigenvalue weighted by Gasteiger charge is 2.36. The fourth-order valence-electron chi connectivity index (χ4n) is 2.85. The van der Waals surface area contributed by atoms with Crippen molar-refractivity contribution in [1.29, 1.82) is 0 Å². The lowest BCUT2D eigenvalue weighted by Gasteiger charge is -2.10. The van der Waals surface area contributed by atoms with Gasteiger partial charge in [-0.2, -0.15) is 13.2 Å². The molecule has 0 atom stereocenters. The maximum Gasteiger partial charge on any atom is 0.417 e. The van der Waals surface area contributed by atoms with Gasteiger partial charge in [-0.3, -0.25) is 9.78 Å². The third-order valence-electron chi connectivity index (χ3n) is 4.10. The Kier molecular flexibility index (Phi) is 4.64. The van der Waals surface area contributed by atoms with Crippen LogP contribution >= 0.6 is 22.7 Å². The number of fused-ring (bicyclic) bond motifs is 1. The number of carbonyl (C=O) groups is 1. The van der Waals surface area contributed by atoms with Crippen LogP contribution < -0.4 is 5.73 Å². The molecule has 142 valence electrons. The molecule has 0 unspecified atom stereocenters. The van der Waals surface area contributed by atoms with Gasteiger partial charge in [0.25, 0.3) is 0 Å². The number of halogens is 3. The molecular formula is C19H12F3N3OS2. The van der Waals surface area contributed by atoms with Gasteiger partial charge in [0.2, 0.25) is 0 Å². The molecule has 4 rings (SSSR count). The lowest BCUT2D eigenvalue weighted by Crippen LogP contribution is -2.08. The summed E-state index contributed by atoms with van der Waals surface area (Å²) in [6, 6.07) is 9.56. The van der Waals surface area contributed by atoms with Gasteiger partial charge in [-0.25, -0.2) is 4.98 Å². The SMILES string of the molecule is Nc1c(C(=O)Cc2ccccn2)sc2nc(-c3cccs3)cc(C(F)(F)F)c12. The van der Waals surface area contributed by atoms with E-state index in [-0.39, 0.29) is 38.7 Å². The van der Waals surface area contributed by atoms with Gasteiger partial charge in [-0.15, -0.1) is 22.7 Å². The molecule has 0 aliphatic heterocycles.